The maximum Gasteiger partial charge on any atom is 0.197 e. The van der Waals surface area contributed by atoms with Crippen LogP contribution in [0.25, 0.3) is 0 Å². The minimum Gasteiger partial charge on any atom is -0.291 e. The standard InChI is InChI=1S/C9H6Cl3FO/c1-4-2-6(10)5(3-7(4)13)8(14)9(11)12/h2-3,9H,1H3. The largest absolute Gasteiger partial charge is 0.291 e. The lowest BCUT2D eigenvalue weighted by atomic mass is 10.1. The van der Waals surface area contributed by atoms with Crippen molar-refractivity contribution in [2.45, 2.75) is 11.8 Å². The number of hydrogen-bond acceptors (Lipinski definition) is 1. The summed E-state index contributed by atoms with van der Waals surface area (Å²) in [5.74, 6) is -1.11. The lowest BCUT2D eigenvalue weighted by Gasteiger charge is -2.05. The van der Waals surface area contributed by atoms with E-state index in [0.717, 1.165) is 6.07 Å². The summed E-state index contributed by atoms with van der Waals surface area (Å²) in [6, 6.07) is 2.40. The lowest BCUT2D eigenvalue weighted by molar-refractivity contribution is 0.101. The zero-order valence-electron chi connectivity index (χ0n) is 7.15. The van der Waals surface area contributed by atoms with Crippen molar-refractivity contribution in [2.24, 2.45) is 0 Å². The number of alkyl halides is 2. The molecule has 1 aromatic carbocycles. The van der Waals surface area contributed by atoms with Crippen molar-refractivity contribution in [3.8, 4) is 0 Å². The van der Waals surface area contributed by atoms with E-state index in [1.165, 1.54) is 6.07 Å². The van der Waals surface area contributed by atoms with Crippen molar-refractivity contribution in [1.29, 1.82) is 0 Å². The molecule has 5 heteroatoms. The fourth-order valence-electron chi connectivity index (χ4n) is 0.953. The van der Waals surface area contributed by atoms with Crippen LogP contribution in [0, 0.1) is 12.7 Å². The van der Waals surface area contributed by atoms with Crippen molar-refractivity contribution in [1.82, 2.24) is 0 Å². The van der Waals surface area contributed by atoms with E-state index < -0.39 is 16.4 Å². The zero-order chi connectivity index (χ0) is 10.9. The van der Waals surface area contributed by atoms with Gasteiger partial charge < -0.3 is 0 Å². The molecular weight excluding hydrogens is 249 g/mol. The van der Waals surface area contributed by atoms with Crippen molar-refractivity contribution in [2.75, 3.05) is 0 Å². The fraction of sp³-hybridized carbons (Fsp3) is 0.222. The third-order valence-electron chi connectivity index (χ3n) is 1.71. The average Bonchev–Trinajstić information content (AvgIpc) is 2.10. The summed E-state index contributed by atoms with van der Waals surface area (Å²) in [6.07, 6.45) is 0. The van der Waals surface area contributed by atoms with E-state index in [4.69, 9.17) is 34.8 Å². The number of Topliss-reactive ketones (excluding diaryl/α,β-unsaturated/α-hetero) is 1. The minimum absolute atomic E-state index is 0.00441. The highest BCUT2D eigenvalue weighted by Gasteiger charge is 2.18. The molecule has 0 spiro atoms. The van der Waals surface area contributed by atoms with E-state index in [1.807, 2.05) is 0 Å². The fourth-order valence-corrected chi connectivity index (χ4v) is 1.50. The van der Waals surface area contributed by atoms with Crippen molar-refractivity contribution >= 4 is 40.6 Å². The first-order valence-corrected chi connectivity index (χ1v) is 4.96. The van der Waals surface area contributed by atoms with E-state index in [-0.39, 0.29) is 10.6 Å². The molecule has 1 aromatic rings. The lowest BCUT2D eigenvalue weighted by Crippen LogP contribution is -2.09. The molecule has 0 unspecified atom stereocenters. The Morgan fingerprint density at radius 2 is 2.00 bits per heavy atom. The van der Waals surface area contributed by atoms with E-state index in [1.54, 1.807) is 6.92 Å². The van der Waals surface area contributed by atoms with Gasteiger partial charge in [-0.3, -0.25) is 4.79 Å². The molecular formula is C9H6Cl3FO. The molecule has 1 nitrogen and oxygen atoms in total. The first-order valence-electron chi connectivity index (χ1n) is 3.71. The summed E-state index contributed by atoms with van der Waals surface area (Å²) in [4.78, 5) is 10.1. The van der Waals surface area contributed by atoms with Gasteiger partial charge in [-0.25, -0.2) is 4.39 Å². The van der Waals surface area contributed by atoms with Crippen LogP contribution < -0.4 is 0 Å². The normalized spacial score (nSPS) is 10.7. The SMILES string of the molecule is Cc1cc(Cl)c(C(=O)C(Cl)Cl)cc1F. The van der Waals surface area contributed by atoms with Gasteiger partial charge in [0.05, 0.1) is 5.02 Å². The molecule has 0 heterocycles. The van der Waals surface area contributed by atoms with Gasteiger partial charge in [0.1, 0.15) is 5.82 Å². The predicted molar refractivity (Wildman–Crippen MR) is 56.0 cm³/mol. The second-order valence-corrected chi connectivity index (χ2v) is 4.25. The number of rotatable bonds is 2. The first kappa shape index (κ1) is 11.8. The quantitative estimate of drug-likeness (QED) is 0.581. The zero-order valence-corrected chi connectivity index (χ0v) is 9.42. The van der Waals surface area contributed by atoms with Gasteiger partial charge in [-0.15, -0.1) is 0 Å². The Morgan fingerprint density at radius 3 is 2.50 bits per heavy atom. The Kier molecular flexibility index (Phi) is 3.76. The van der Waals surface area contributed by atoms with Gasteiger partial charge in [-0.05, 0) is 24.6 Å². The van der Waals surface area contributed by atoms with Gasteiger partial charge in [-0.2, -0.15) is 0 Å². The Morgan fingerprint density at radius 1 is 1.43 bits per heavy atom. The van der Waals surface area contributed by atoms with E-state index in [2.05, 4.69) is 0 Å². The molecule has 0 N–H and O–H groups in total. The molecule has 0 radical (unpaired) electrons. The molecule has 14 heavy (non-hydrogen) atoms. The second kappa shape index (κ2) is 4.47. The van der Waals surface area contributed by atoms with Gasteiger partial charge in [0, 0.05) is 5.56 Å². The van der Waals surface area contributed by atoms with Crippen LogP contribution in [0.15, 0.2) is 12.1 Å². The van der Waals surface area contributed by atoms with Crippen LogP contribution in [0.2, 0.25) is 5.02 Å². The van der Waals surface area contributed by atoms with Gasteiger partial charge in [0.15, 0.2) is 10.6 Å². The molecule has 0 aliphatic carbocycles. The Balaban J connectivity index is 3.22. The van der Waals surface area contributed by atoms with E-state index in [0.29, 0.717) is 5.56 Å². The third kappa shape index (κ3) is 2.38. The molecule has 0 aromatic heterocycles. The number of hydrogen-bond donors (Lipinski definition) is 0. The maximum atomic E-state index is 13.1. The number of ketones is 1. The van der Waals surface area contributed by atoms with E-state index >= 15 is 0 Å². The van der Waals surface area contributed by atoms with Crippen molar-refractivity contribution in [3.63, 3.8) is 0 Å². The molecule has 0 aliphatic rings. The van der Waals surface area contributed by atoms with Crippen molar-refractivity contribution in [3.05, 3.63) is 34.1 Å². The Labute approximate surface area is 95.8 Å². The highest BCUT2D eigenvalue weighted by atomic mass is 35.5. The average molecular weight is 256 g/mol. The Hall–Kier alpha value is -0.310. The molecule has 0 saturated heterocycles. The van der Waals surface area contributed by atoms with Crippen molar-refractivity contribution < 1.29 is 9.18 Å². The molecule has 1 rings (SSSR count). The van der Waals surface area contributed by atoms with E-state index in [9.17, 15) is 9.18 Å². The van der Waals surface area contributed by atoms with Crippen LogP contribution in [0.1, 0.15) is 15.9 Å². The summed E-state index contributed by atoms with van der Waals surface area (Å²) in [5, 5.41) is 0.153. The van der Waals surface area contributed by atoms with Crippen LogP contribution >= 0.6 is 34.8 Å². The molecule has 0 atom stereocenters. The number of benzene rings is 1. The number of halogens is 4. The minimum atomic E-state index is -1.23. The van der Waals surface area contributed by atoms with Crippen LogP contribution in [0.5, 0.6) is 0 Å². The Bertz CT molecular complexity index is 377. The monoisotopic (exact) mass is 254 g/mol. The summed E-state index contributed by atoms with van der Waals surface area (Å²) < 4.78 is 13.1. The molecule has 0 fully saturated rings. The molecule has 76 valence electrons. The highest BCUT2D eigenvalue weighted by Crippen LogP contribution is 2.23. The molecule has 0 amide bonds. The molecule has 0 saturated carbocycles. The van der Waals surface area contributed by atoms with Crippen LogP contribution in [-0.2, 0) is 0 Å². The van der Waals surface area contributed by atoms with Crippen LogP contribution in [0.3, 0.4) is 0 Å². The number of carbonyl (C=O) groups is 1. The predicted octanol–water partition coefficient (Wildman–Crippen LogP) is 3.77. The van der Waals surface area contributed by atoms with Gasteiger partial charge in [0.2, 0.25) is 0 Å². The summed E-state index contributed by atoms with van der Waals surface area (Å²) in [5.41, 5.74) is 0.372. The highest BCUT2D eigenvalue weighted by molar-refractivity contribution is 6.56. The first-order chi connectivity index (χ1) is 6.43. The summed E-state index contributed by atoms with van der Waals surface area (Å²) in [7, 11) is 0. The van der Waals surface area contributed by atoms with Crippen LogP contribution in [0.4, 0.5) is 4.39 Å². The van der Waals surface area contributed by atoms with Gasteiger partial charge in [-0.1, -0.05) is 34.8 Å². The smallest absolute Gasteiger partial charge is 0.197 e. The summed E-state index contributed by atoms with van der Waals surface area (Å²) >= 11 is 16.5. The molecule has 0 aliphatic heterocycles. The molecule has 0 bridgehead atoms. The van der Waals surface area contributed by atoms with Gasteiger partial charge >= 0.3 is 0 Å². The van der Waals surface area contributed by atoms with Crippen LogP contribution in [-0.4, -0.2) is 10.6 Å². The number of aryl methyl sites for hydroxylation is 1. The number of carbonyl (C=O) groups excluding carboxylic acids is 1. The second-order valence-electron chi connectivity index (χ2n) is 2.75. The summed E-state index contributed by atoms with van der Waals surface area (Å²) in [6.45, 7) is 1.55. The van der Waals surface area contributed by atoms with Gasteiger partial charge in [0.25, 0.3) is 0 Å². The maximum absolute atomic E-state index is 13.1. The topological polar surface area (TPSA) is 17.1 Å². The third-order valence-corrected chi connectivity index (χ3v) is 2.42.